The summed E-state index contributed by atoms with van der Waals surface area (Å²) in [6.45, 7) is 0.389. The maximum absolute atomic E-state index is 5.90. The van der Waals surface area contributed by atoms with Gasteiger partial charge in [-0.3, -0.25) is 5.10 Å². The summed E-state index contributed by atoms with van der Waals surface area (Å²) in [4.78, 5) is 4.51. The second-order valence-corrected chi connectivity index (χ2v) is 5.30. The Labute approximate surface area is 117 Å². The highest BCUT2D eigenvalue weighted by molar-refractivity contribution is 6.30. The van der Waals surface area contributed by atoms with E-state index in [1.807, 2.05) is 18.2 Å². The molecule has 19 heavy (non-hydrogen) atoms. The molecule has 1 aliphatic carbocycles. The number of aromatic amines is 1. The molecule has 5 heteroatoms. The smallest absolute Gasteiger partial charge is 0.162 e. The Morgan fingerprint density at radius 3 is 2.95 bits per heavy atom. The van der Waals surface area contributed by atoms with Crippen LogP contribution in [0.3, 0.4) is 0 Å². The lowest BCUT2D eigenvalue weighted by molar-refractivity contribution is 0.296. The van der Waals surface area contributed by atoms with Crippen molar-refractivity contribution in [2.45, 2.75) is 38.2 Å². The van der Waals surface area contributed by atoms with Crippen LogP contribution in [0, 0.1) is 0 Å². The quantitative estimate of drug-likeness (QED) is 0.927. The predicted molar refractivity (Wildman–Crippen MR) is 73.4 cm³/mol. The fourth-order valence-electron chi connectivity index (χ4n) is 2.45. The van der Waals surface area contributed by atoms with Crippen LogP contribution in [-0.2, 0) is 6.61 Å². The van der Waals surface area contributed by atoms with Gasteiger partial charge in [0, 0.05) is 10.9 Å². The molecule has 1 aromatic heterocycles. The third kappa shape index (κ3) is 3.07. The lowest BCUT2D eigenvalue weighted by Crippen LogP contribution is -1.98. The summed E-state index contributed by atoms with van der Waals surface area (Å²) in [5.41, 5.74) is 0. The number of benzene rings is 1. The average molecular weight is 278 g/mol. The van der Waals surface area contributed by atoms with Gasteiger partial charge in [-0.05, 0) is 31.0 Å². The molecule has 1 saturated carbocycles. The third-order valence-corrected chi connectivity index (χ3v) is 3.68. The van der Waals surface area contributed by atoms with E-state index in [9.17, 15) is 0 Å². The van der Waals surface area contributed by atoms with E-state index < -0.39 is 0 Å². The van der Waals surface area contributed by atoms with E-state index in [0.717, 1.165) is 17.4 Å². The Kier molecular flexibility index (Phi) is 3.69. The molecule has 2 aromatic rings. The number of hydrogen-bond donors (Lipinski definition) is 1. The number of nitrogens with one attached hydrogen (secondary N) is 1. The van der Waals surface area contributed by atoms with Crippen LogP contribution in [-0.4, -0.2) is 15.2 Å². The van der Waals surface area contributed by atoms with Crippen LogP contribution in [0.5, 0.6) is 5.75 Å². The van der Waals surface area contributed by atoms with Crippen LogP contribution < -0.4 is 4.74 Å². The fourth-order valence-corrected chi connectivity index (χ4v) is 2.63. The number of H-pyrrole nitrogens is 1. The highest BCUT2D eigenvalue weighted by atomic mass is 35.5. The Morgan fingerprint density at radius 2 is 2.16 bits per heavy atom. The first-order valence-electron chi connectivity index (χ1n) is 6.61. The van der Waals surface area contributed by atoms with Crippen molar-refractivity contribution in [1.82, 2.24) is 15.2 Å². The van der Waals surface area contributed by atoms with Crippen LogP contribution in [0.2, 0.25) is 5.02 Å². The summed E-state index contributed by atoms with van der Waals surface area (Å²) >= 11 is 5.90. The largest absolute Gasteiger partial charge is 0.486 e. The van der Waals surface area contributed by atoms with E-state index in [0.29, 0.717) is 17.5 Å². The van der Waals surface area contributed by atoms with Gasteiger partial charge in [0.05, 0.1) is 0 Å². The normalized spacial score (nSPS) is 15.8. The highest BCUT2D eigenvalue weighted by Crippen LogP contribution is 2.31. The highest BCUT2D eigenvalue weighted by Gasteiger charge is 2.21. The average Bonchev–Trinajstić information content (AvgIpc) is 3.07. The summed E-state index contributed by atoms with van der Waals surface area (Å²) in [6, 6.07) is 7.35. The molecule has 0 radical (unpaired) electrons. The molecule has 0 spiro atoms. The van der Waals surface area contributed by atoms with Gasteiger partial charge in [-0.25, -0.2) is 4.98 Å². The van der Waals surface area contributed by atoms with Gasteiger partial charge >= 0.3 is 0 Å². The molecule has 0 amide bonds. The Hall–Kier alpha value is -1.55. The molecular formula is C14H16ClN3O. The molecule has 1 N–H and O–H groups in total. The monoisotopic (exact) mass is 277 g/mol. The van der Waals surface area contributed by atoms with Crippen LogP contribution in [0.15, 0.2) is 24.3 Å². The fraction of sp³-hybridized carbons (Fsp3) is 0.429. The zero-order chi connectivity index (χ0) is 13.1. The lowest BCUT2D eigenvalue weighted by Gasteiger charge is -2.04. The lowest BCUT2D eigenvalue weighted by atomic mass is 10.1. The Morgan fingerprint density at radius 1 is 1.32 bits per heavy atom. The van der Waals surface area contributed by atoms with Gasteiger partial charge in [-0.2, -0.15) is 5.10 Å². The molecule has 1 aromatic carbocycles. The van der Waals surface area contributed by atoms with Crippen LogP contribution in [0.25, 0.3) is 0 Å². The molecule has 1 aliphatic rings. The maximum atomic E-state index is 5.90. The molecular weight excluding hydrogens is 262 g/mol. The van der Waals surface area contributed by atoms with Gasteiger partial charge in [0.2, 0.25) is 0 Å². The van der Waals surface area contributed by atoms with Crippen LogP contribution in [0.1, 0.15) is 43.3 Å². The molecule has 3 rings (SSSR count). The Balaban J connectivity index is 1.61. The summed E-state index contributed by atoms with van der Waals surface area (Å²) in [7, 11) is 0. The minimum absolute atomic E-state index is 0.389. The topological polar surface area (TPSA) is 50.8 Å². The maximum Gasteiger partial charge on any atom is 0.162 e. The van der Waals surface area contributed by atoms with E-state index in [2.05, 4.69) is 15.2 Å². The van der Waals surface area contributed by atoms with Crippen molar-refractivity contribution in [2.24, 2.45) is 0 Å². The van der Waals surface area contributed by atoms with Gasteiger partial charge in [-0.1, -0.05) is 30.5 Å². The molecule has 4 nitrogen and oxygen atoms in total. The summed E-state index contributed by atoms with van der Waals surface area (Å²) in [5, 5.41) is 7.90. The molecule has 1 heterocycles. The van der Waals surface area contributed by atoms with Gasteiger partial charge in [-0.15, -0.1) is 0 Å². The molecule has 0 bridgehead atoms. The van der Waals surface area contributed by atoms with E-state index in [1.54, 1.807) is 6.07 Å². The Bertz CT molecular complexity index is 549. The molecule has 0 saturated heterocycles. The molecule has 0 aliphatic heterocycles. The van der Waals surface area contributed by atoms with Crippen molar-refractivity contribution in [3.8, 4) is 5.75 Å². The minimum atomic E-state index is 0.389. The molecule has 0 unspecified atom stereocenters. The van der Waals surface area contributed by atoms with E-state index >= 15 is 0 Å². The van der Waals surface area contributed by atoms with Crippen molar-refractivity contribution >= 4 is 11.6 Å². The SMILES string of the molecule is Clc1cccc(OCc2nc(C3CCCC3)n[nH]2)c1. The number of nitrogens with zero attached hydrogens (tertiary/aromatic N) is 2. The van der Waals surface area contributed by atoms with Gasteiger partial charge in [0.15, 0.2) is 11.6 Å². The molecule has 0 atom stereocenters. The molecule has 1 fully saturated rings. The van der Waals surface area contributed by atoms with Crippen molar-refractivity contribution in [2.75, 3.05) is 0 Å². The number of ether oxygens (including phenoxy) is 1. The van der Waals surface area contributed by atoms with E-state index in [1.165, 1.54) is 25.7 Å². The zero-order valence-electron chi connectivity index (χ0n) is 10.6. The summed E-state index contributed by atoms with van der Waals surface area (Å²) in [5.74, 6) is 2.96. The van der Waals surface area contributed by atoms with E-state index in [-0.39, 0.29) is 0 Å². The minimum Gasteiger partial charge on any atom is -0.486 e. The number of aromatic nitrogens is 3. The second-order valence-electron chi connectivity index (χ2n) is 4.87. The van der Waals surface area contributed by atoms with Gasteiger partial charge in [0.25, 0.3) is 0 Å². The predicted octanol–water partition coefficient (Wildman–Crippen LogP) is 3.69. The standard InChI is InChI=1S/C14H16ClN3O/c15-11-6-3-7-12(8-11)19-9-13-16-14(18-17-13)10-4-1-2-5-10/h3,6-8,10H,1-2,4-5,9H2,(H,16,17,18). The third-order valence-electron chi connectivity index (χ3n) is 3.44. The summed E-state index contributed by atoms with van der Waals surface area (Å²) in [6.07, 6.45) is 4.97. The first kappa shape index (κ1) is 12.5. The van der Waals surface area contributed by atoms with Crippen molar-refractivity contribution in [1.29, 1.82) is 0 Å². The van der Waals surface area contributed by atoms with Crippen molar-refractivity contribution in [3.05, 3.63) is 40.9 Å². The van der Waals surface area contributed by atoms with Crippen molar-refractivity contribution < 1.29 is 4.74 Å². The second kappa shape index (κ2) is 5.61. The van der Waals surface area contributed by atoms with Crippen LogP contribution >= 0.6 is 11.6 Å². The number of rotatable bonds is 4. The number of halogens is 1. The molecule has 100 valence electrons. The van der Waals surface area contributed by atoms with E-state index in [4.69, 9.17) is 16.3 Å². The first-order valence-corrected chi connectivity index (χ1v) is 6.98. The summed E-state index contributed by atoms with van der Waals surface area (Å²) < 4.78 is 5.63. The van der Waals surface area contributed by atoms with Crippen molar-refractivity contribution in [3.63, 3.8) is 0 Å². The number of hydrogen-bond acceptors (Lipinski definition) is 3. The first-order chi connectivity index (χ1) is 9.31. The van der Waals surface area contributed by atoms with Crippen LogP contribution in [0.4, 0.5) is 0 Å². The van der Waals surface area contributed by atoms with Gasteiger partial charge in [0.1, 0.15) is 12.4 Å². The zero-order valence-corrected chi connectivity index (χ0v) is 11.4. The van der Waals surface area contributed by atoms with Gasteiger partial charge < -0.3 is 4.74 Å².